The third-order valence-corrected chi connectivity index (χ3v) is 4.32. The number of esters is 1. The average molecular weight is 340 g/mol. The normalized spacial score (nSPS) is 10.5. The average Bonchev–Trinajstić information content (AvgIpc) is 3.01. The summed E-state index contributed by atoms with van der Waals surface area (Å²) in [4.78, 5) is 25.8. The summed E-state index contributed by atoms with van der Waals surface area (Å²) >= 11 is 1.59. The topological polar surface area (TPSA) is 77.0 Å². The molecule has 0 aliphatic carbocycles. The molecule has 0 aliphatic heterocycles. The zero-order chi connectivity index (χ0) is 17.1. The highest BCUT2D eigenvalue weighted by Gasteiger charge is 2.10. The minimum Gasteiger partial charge on any atom is -0.465 e. The Morgan fingerprint density at radius 2 is 2.04 bits per heavy atom. The zero-order valence-corrected chi connectivity index (χ0v) is 14.3. The molecule has 1 aromatic carbocycles. The van der Waals surface area contributed by atoms with Crippen LogP contribution in [0.4, 0.5) is 11.6 Å². The van der Waals surface area contributed by atoms with Crippen LogP contribution in [-0.2, 0) is 4.74 Å². The molecule has 3 rings (SSSR count). The molecule has 0 bridgehead atoms. The van der Waals surface area contributed by atoms with Gasteiger partial charge in [0, 0.05) is 23.0 Å². The lowest BCUT2D eigenvalue weighted by molar-refractivity contribution is 0.0600. The lowest BCUT2D eigenvalue weighted by Crippen LogP contribution is -2.04. The van der Waals surface area contributed by atoms with E-state index >= 15 is 0 Å². The Labute approximate surface area is 143 Å². The van der Waals surface area contributed by atoms with Crippen molar-refractivity contribution in [2.24, 2.45) is 0 Å². The Morgan fingerprint density at radius 1 is 1.21 bits per heavy atom. The van der Waals surface area contributed by atoms with Crippen molar-refractivity contribution in [1.29, 1.82) is 0 Å². The molecule has 0 unspecified atom stereocenters. The summed E-state index contributed by atoms with van der Waals surface area (Å²) in [5.41, 5.74) is 2.93. The van der Waals surface area contributed by atoms with Gasteiger partial charge in [-0.25, -0.2) is 19.7 Å². The molecule has 24 heavy (non-hydrogen) atoms. The quantitative estimate of drug-likeness (QED) is 0.729. The smallest absolute Gasteiger partial charge is 0.338 e. The SMILES string of the molecule is COC(=O)c1ccc(Nc2nccc(-c3ncc(C)s3)n2)cc1C. The van der Waals surface area contributed by atoms with Crippen molar-refractivity contribution < 1.29 is 9.53 Å². The predicted molar refractivity (Wildman–Crippen MR) is 93.7 cm³/mol. The van der Waals surface area contributed by atoms with Gasteiger partial charge in [0.2, 0.25) is 5.95 Å². The number of rotatable bonds is 4. The molecule has 1 N–H and O–H groups in total. The largest absolute Gasteiger partial charge is 0.465 e. The van der Waals surface area contributed by atoms with Crippen LogP contribution in [0.25, 0.3) is 10.7 Å². The van der Waals surface area contributed by atoms with Crippen molar-refractivity contribution in [2.75, 3.05) is 12.4 Å². The number of methoxy groups -OCH3 is 1. The van der Waals surface area contributed by atoms with E-state index in [0.717, 1.165) is 26.8 Å². The van der Waals surface area contributed by atoms with E-state index in [9.17, 15) is 4.79 Å². The number of aromatic nitrogens is 3. The fourth-order valence-electron chi connectivity index (χ4n) is 2.22. The first kappa shape index (κ1) is 16.1. The van der Waals surface area contributed by atoms with E-state index in [0.29, 0.717) is 11.5 Å². The molecular weight excluding hydrogens is 324 g/mol. The third kappa shape index (κ3) is 3.41. The van der Waals surface area contributed by atoms with E-state index in [1.54, 1.807) is 29.7 Å². The molecule has 122 valence electrons. The first-order valence-electron chi connectivity index (χ1n) is 7.28. The Bertz CT molecular complexity index is 892. The van der Waals surface area contributed by atoms with Gasteiger partial charge in [-0.05, 0) is 43.7 Å². The first-order valence-corrected chi connectivity index (χ1v) is 8.10. The summed E-state index contributed by atoms with van der Waals surface area (Å²) in [6.07, 6.45) is 3.52. The maximum absolute atomic E-state index is 11.6. The van der Waals surface area contributed by atoms with Crippen LogP contribution in [0.3, 0.4) is 0 Å². The zero-order valence-electron chi connectivity index (χ0n) is 13.5. The van der Waals surface area contributed by atoms with Crippen molar-refractivity contribution in [2.45, 2.75) is 13.8 Å². The molecular formula is C17H16N4O2S. The number of thiazole rings is 1. The summed E-state index contributed by atoms with van der Waals surface area (Å²) in [6.45, 7) is 3.86. The van der Waals surface area contributed by atoms with Crippen LogP contribution in [0.2, 0.25) is 0 Å². The van der Waals surface area contributed by atoms with Gasteiger partial charge in [0.1, 0.15) is 10.7 Å². The van der Waals surface area contributed by atoms with Crippen molar-refractivity contribution in [3.05, 3.63) is 52.7 Å². The van der Waals surface area contributed by atoms with Crippen molar-refractivity contribution in [3.63, 3.8) is 0 Å². The van der Waals surface area contributed by atoms with Gasteiger partial charge in [0.25, 0.3) is 0 Å². The number of hydrogen-bond donors (Lipinski definition) is 1. The van der Waals surface area contributed by atoms with Crippen molar-refractivity contribution >= 4 is 28.9 Å². The molecule has 0 saturated heterocycles. The number of ether oxygens (including phenoxy) is 1. The minimum atomic E-state index is -0.351. The van der Waals surface area contributed by atoms with Crippen LogP contribution in [0, 0.1) is 13.8 Å². The number of carbonyl (C=O) groups is 1. The van der Waals surface area contributed by atoms with Gasteiger partial charge in [0.15, 0.2) is 0 Å². The third-order valence-electron chi connectivity index (χ3n) is 3.38. The molecule has 0 atom stereocenters. The lowest BCUT2D eigenvalue weighted by atomic mass is 10.1. The molecule has 6 nitrogen and oxygen atoms in total. The van der Waals surface area contributed by atoms with Gasteiger partial charge < -0.3 is 10.1 Å². The molecule has 0 saturated carbocycles. The van der Waals surface area contributed by atoms with E-state index in [4.69, 9.17) is 4.74 Å². The Morgan fingerprint density at radius 3 is 2.71 bits per heavy atom. The number of anilines is 2. The van der Waals surface area contributed by atoms with Gasteiger partial charge in [-0.15, -0.1) is 11.3 Å². The molecule has 2 aromatic heterocycles. The van der Waals surface area contributed by atoms with Gasteiger partial charge in [-0.2, -0.15) is 0 Å². The monoisotopic (exact) mass is 340 g/mol. The maximum atomic E-state index is 11.6. The molecule has 0 spiro atoms. The van der Waals surface area contributed by atoms with Crippen molar-refractivity contribution in [1.82, 2.24) is 15.0 Å². The second-order valence-electron chi connectivity index (χ2n) is 5.19. The van der Waals surface area contributed by atoms with Gasteiger partial charge in [0.05, 0.1) is 12.7 Å². The molecule has 0 fully saturated rings. The highest BCUT2D eigenvalue weighted by atomic mass is 32.1. The van der Waals surface area contributed by atoms with Gasteiger partial charge in [-0.3, -0.25) is 0 Å². The minimum absolute atomic E-state index is 0.351. The summed E-state index contributed by atoms with van der Waals surface area (Å²) < 4.78 is 4.75. The first-order chi connectivity index (χ1) is 11.6. The predicted octanol–water partition coefficient (Wildman–Crippen LogP) is 3.75. The second-order valence-corrected chi connectivity index (χ2v) is 6.42. The molecule has 0 aliphatic rings. The fourth-order valence-corrected chi connectivity index (χ4v) is 2.95. The molecule has 7 heteroatoms. The van der Waals surface area contributed by atoms with Crippen molar-refractivity contribution in [3.8, 4) is 10.7 Å². The van der Waals surface area contributed by atoms with Gasteiger partial charge in [-0.1, -0.05) is 0 Å². The summed E-state index contributed by atoms with van der Waals surface area (Å²) in [5, 5.41) is 4.01. The Balaban J connectivity index is 1.84. The number of carbonyl (C=O) groups excluding carboxylic acids is 1. The second kappa shape index (κ2) is 6.76. The molecule has 0 amide bonds. The van der Waals surface area contributed by atoms with E-state index in [1.165, 1.54) is 7.11 Å². The summed E-state index contributed by atoms with van der Waals surface area (Å²) in [7, 11) is 1.37. The number of benzene rings is 1. The number of aryl methyl sites for hydroxylation is 2. The van der Waals surface area contributed by atoms with Crippen LogP contribution in [-0.4, -0.2) is 28.0 Å². The summed E-state index contributed by atoms with van der Waals surface area (Å²) in [6, 6.07) is 7.20. The number of nitrogens with one attached hydrogen (secondary N) is 1. The van der Waals surface area contributed by atoms with E-state index in [1.807, 2.05) is 32.2 Å². The number of nitrogens with zero attached hydrogens (tertiary/aromatic N) is 3. The molecule has 0 radical (unpaired) electrons. The Hall–Kier alpha value is -2.80. The highest BCUT2D eigenvalue weighted by Crippen LogP contribution is 2.24. The van der Waals surface area contributed by atoms with E-state index in [2.05, 4.69) is 20.3 Å². The van der Waals surface area contributed by atoms with Crippen LogP contribution >= 0.6 is 11.3 Å². The van der Waals surface area contributed by atoms with Crippen LogP contribution in [0.5, 0.6) is 0 Å². The van der Waals surface area contributed by atoms with Crippen LogP contribution in [0.1, 0.15) is 20.8 Å². The summed E-state index contributed by atoms with van der Waals surface area (Å²) in [5.74, 6) is 0.127. The van der Waals surface area contributed by atoms with E-state index < -0.39 is 0 Å². The highest BCUT2D eigenvalue weighted by molar-refractivity contribution is 7.14. The van der Waals surface area contributed by atoms with E-state index in [-0.39, 0.29) is 5.97 Å². The number of hydrogen-bond acceptors (Lipinski definition) is 7. The lowest BCUT2D eigenvalue weighted by Gasteiger charge is -2.09. The molecule has 3 aromatic rings. The van der Waals surface area contributed by atoms with Gasteiger partial charge >= 0.3 is 5.97 Å². The standard InChI is InChI=1S/C17H16N4O2S/c1-10-8-12(4-5-13(10)16(22)23-3)20-17-18-7-6-14(21-17)15-19-9-11(2)24-15/h4-9H,1-3H3,(H,18,20,21). The molecule has 2 heterocycles. The Kier molecular flexibility index (Phi) is 4.52. The van der Waals surface area contributed by atoms with Crippen LogP contribution in [0.15, 0.2) is 36.7 Å². The maximum Gasteiger partial charge on any atom is 0.338 e. The fraction of sp³-hybridized carbons (Fsp3) is 0.176. The van der Waals surface area contributed by atoms with Crippen LogP contribution < -0.4 is 5.32 Å².